The summed E-state index contributed by atoms with van der Waals surface area (Å²) in [6.07, 6.45) is 5.93. The van der Waals surface area contributed by atoms with E-state index in [9.17, 15) is 0 Å². The molecule has 0 aromatic carbocycles. The summed E-state index contributed by atoms with van der Waals surface area (Å²) in [5.41, 5.74) is 7.76. The number of likely N-dealkylation sites (tertiary alicyclic amines) is 1. The van der Waals surface area contributed by atoms with Crippen LogP contribution in [0.5, 0.6) is 5.75 Å². The van der Waals surface area contributed by atoms with Gasteiger partial charge in [-0.3, -0.25) is 0 Å². The van der Waals surface area contributed by atoms with Crippen LogP contribution in [0.15, 0.2) is 24.5 Å². The second kappa shape index (κ2) is 5.63. The van der Waals surface area contributed by atoms with Crippen LogP contribution in [0.25, 0.3) is 21.9 Å². The number of anilines is 1. The first-order chi connectivity index (χ1) is 11.5. The minimum Gasteiger partial charge on any atom is -0.492 e. The van der Waals surface area contributed by atoms with Crippen molar-refractivity contribution in [2.24, 2.45) is 5.41 Å². The van der Waals surface area contributed by atoms with Crippen LogP contribution in [0.3, 0.4) is 0 Å². The summed E-state index contributed by atoms with van der Waals surface area (Å²) in [6, 6.07) is 3.81. The number of fused-ring (bicyclic) bond motifs is 3. The average Bonchev–Trinajstić information content (AvgIpc) is 2.91. The molecule has 0 saturated carbocycles. The first kappa shape index (κ1) is 15.2. The van der Waals surface area contributed by atoms with E-state index in [1.807, 2.05) is 12.1 Å². The summed E-state index contributed by atoms with van der Waals surface area (Å²) in [7, 11) is 2.18. The van der Waals surface area contributed by atoms with E-state index >= 15 is 0 Å². The molecule has 4 rings (SSSR count). The van der Waals surface area contributed by atoms with Crippen molar-refractivity contribution in [3.63, 3.8) is 0 Å². The number of nitrogens with two attached hydrogens (primary N) is 1. The van der Waals surface area contributed by atoms with Crippen LogP contribution in [0.2, 0.25) is 0 Å². The molecule has 1 atom stereocenters. The minimum absolute atomic E-state index is 0.176. The zero-order valence-corrected chi connectivity index (χ0v) is 14.2. The van der Waals surface area contributed by atoms with E-state index in [1.54, 1.807) is 12.4 Å². The number of nitrogens with one attached hydrogen (secondary N) is 1. The Hall–Kier alpha value is -2.34. The Morgan fingerprint density at radius 3 is 3.12 bits per heavy atom. The van der Waals surface area contributed by atoms with Crippen molar-refractivity contribution < 1.29 is 4.74 Å². The molecule has 3 aromatic heterocycles. The zero-order chi connectivity index (χ0) is 16.7. The van der Waals surface area contributed by atoms with E-state index in [0.29, 0.717) is 12.4 Å². The van der Waals surface area contributed by atoms with Crippen molar-refractivity contribution in [1.82, 2.24) is 19.9 Å². The fraction of sp³-hybridized carbons (Fsp3) is 0.444. The molecular weight excluding hydrogens is 302 g/mol. The molecule has 0 spiro atoms. The van der Waals surface area contributed by atoms with Gasteiger partial charge in [-0.1, -0.05) is 6.92 Å². The Morgan fingerprint density at radius 2 is 2.29 bits per heavy atom. The van der Waals surface area contributed by atoms with Gasteiger partial charge < -0.3 is 20.4 Å². The van der Waals surface area contributed by atoms with Gasteiger partial charge in [0.1, 0.15) is 17.2 Å². The van der Waals surface area contributed by atoms with E-state index < -0.39 is 0 Å². The Bertz CT molecular complexity index is 890. The van der Waals surface area contributed by atoms with Crippen LogP contribution in [0.1, 0.15) is 19.8 Å². The molecule has 3 aromatic rings. The number of aromatic nitrogens is 3. The molecule has 0 radical (unpaired) electrons. The molecule has 3 N–H and O–H groups in total. The number of hydrogen-bond acceptors (Lipinski definition) is 5. The van der Waals surface area contributed by atoms with Gasteiger partial charge >= 0.3 is 0 Å². The lowest BCUT2D eigenvalue weighted by Gasteiger charge is -2.38. The van der Waals surface area contributed by atoms with Gasteiger partial charge in [0, 0.05) is 23.5 Å². The molecule has 6 heteroatoms. The third kappa shape index (κ3) is 2.67. The van der Waals surface area contributed by atoms with Gasteiger partial charge in [-0.05, 0) is 38.6 Å². The molecule has 6 nitrogen and oxygen atoms in total. The van der Waals surface area contributed by atoms with Crippen molar-refractivity contribution in [3.8, 4) is 5.75 Å². The second-order valence-electron chi connectivity index (χ2n) is 7.25. The Morgan fingerprint density at radius 1 is 1.42 bits per heavy atom. The highest BCUT2D eigenvalue weighted by Crippen LogP contribution is 2.35. The molecule has 1 aliphatic heterocycles. The molecular formula is C18H23N5O. The van der Waals surface area contributed by atoms with Crippen LogP contribution in [-0.2, 0) is 0 Å². The zero-order valence-electron chi connectivity index (χ0n) is 14.2. The van der Waals surface area contributed by atoms with Crippen LogP contribution in [-0.4, -0.2) is 46.6 Å². The summed E-state index contributed by atoms with van der Waals surface area (Å²) in [4.78, 5) is 14.2. The van der Waals surface area contributed by atoms with Crippen LogP contribution < -0.4 is 10.5 Å². The number of nitrogen functional groups attached to an aromatic ring is 1. The summed E-state index contributed by atoms with van der Waals surface area (Å²) in [6.45, 7) is 5.23. The van der Waals surface area contributed by atoms with Crippen LogP contribution in [0, 0.1) is 5.41 Å². The summed E-state index contributed by atoms with van der Waals surface area (Å²) >= 11 is 0. The van der Waals surface area contributed by atoms with Crippen molar-refractivity contribution >= 4 is 27.8 Å². The number of aromatic amines is 1. The number of hydrogen-bond donors (Lipinski definition) is 2. The molecule has 4 heterocycles. The third-order valence-corrected chi connectivity index (χ3v) is 4.91. The first-order valence-electron chi connectivity index (χ1n) is 8.37. The number of nitrogens with zero attached hydrogens (tertiary/aromatic N) is 3. The minimum atomic E-state index is 0.176. The number of piperidine rings is 1. The van der Waals surface area contributed by atoms with E-state index in [2.05, 4.69) is 33.8 Å². The quantitative estimate of drug-likeness (QED) is 0.774. The van der Waals surface area contributed by atoms with Gasteiger partial charge in [-0.15, -0.1) is 0 Å². The number of rotatable bonds is 3. The Labute approximate surface area is 141 Å². The molecule has 24 heavy (non-hydrogen) atoms. The number of ether oxygens (including phenoxy) is 1. The highest BCUT2D eigenvalue weighted by Gasteiger charge is 2.30. The largest absolute Gasteiger partial charge is 0.492 e. The standard InChI is InChI=1S/C18H23N5O/c1-18(5-3-7-23(2)10-18)11-24-14-4-6-20-17-16(14)12-8-15(19)21-9-13(12)22-17/h4,6,8-9H,3,5,7,10-11H2,1-2H3,(H2,19,21)(H,20,22). The maximum absolute atomic E-state index is 6.27. The highest BCUT2D eigenvalue weighted by molar-refractivity contribution is 6.09. The van der Waals surface area contributed by atoms with E-state index in [0.717, 1.165) is 34.2 Å². The number of H-pyrrole nitrogens is 1. The molecule has 0 amide bonds. The normalized spacial score (nSPS) is 22.2. The predicted molar refractivity (Wildman–Crippen MR) is 96.1 cm³/mol. The van der Waals surface area contributed by atoms with E-state index in [4.69, 9.17) is 10.5 Å². The van der Waals surface area contributed by atoms with Gasteiger partial charge in [0.15, 0.2) is 0 Å². The SMILES string of the molecule is CN1CCCC(C)(COc2ccnc3[nH]c4cnc(N)cc4c23)C1. The van der Waals surface area contributed by atoms with Crippen molar-refractivity contribution in [2.45, 2.75) is 19.8 Å². The van der Waals surface area contributed by atoms with Gasteiger partial charge in [-0.25, -0.2) is 9.97 Å². The maximum atomic E-state index is 6.27. The van der Waals surface area contributed by atoms with Gasteiger partial charge in [-0.2, -0.15) is 0 Å². The van der Waals surface area contributed by atoms with Crippen molar-refractivity contribution in [2.75, 3.05) is 32.5 Å². The molecule has 1 aliphatic rings. The predicted octanol–water partition coefficient (Wildman–Crippen LogP) is 2.80. The topological polar surface area (TPSA) is 80.1 Å². The van der Waals surface area contributed by atoms with Crippen molar-refractivity contribution in [3.05, 3.63) is 24.5 Å². The molecule has 1 saturated heterocycles. The average molecular weight is 325 g/mol. The molecule has 126 valence electrons. The Balaban J connectivity index is 1.69. The summed E-state index contributed by atoms with van der Waals surface area (Å²) in [5.74, 6) is 1.35. The summed E-state index contributed by atoms with van der Waals surface area (Å²) < 4.78 is 6.27. The molecule has 0 bridgehead atoms. The van der Waals surface area contributed by atoms with Crippen molar-refractivity contribution in [1.29, 1.82) is 0 Å². The fourth-order valence-corrected chi connectivity index (χ4v) is 3.78. The van der Waals surface area contributed by atoms with Gasteiger partial charge in [0.05, 0.1) is 23.7 Å². The first-order valence-corrected chi connectivity index (χ1v) is 8.37. The molecule has 1 unspecified atom stereocenters. The van der Waals surface area contributed by atoms with Gasteiger partial charge in [0.25, 0.3) is 0 Å². The van der Waals surface area contributed by atoms with Crippen LogP contribution in [0.4, 0.5) is 5.82 Å². The van der Waals surface area contributed by atoms with E-state index in [-0.39, 0.29) is 5.41 Å². The lowest BCUT2D eigenvalue weighted by Crippen LogP contribution is -2.42. The lowest BCUT2D eigenvalue weighted by molar-refractivity contribution is 0.0708. The smallest absolute Gasteiger partial charge is 0.142 e. The van der Waals surface area contributed by atoms with E-state index in [1.165, 1.54) is 19.4 Å². The second-order valence-corrected chi connectivity index (χ2v) is 7.25. The summed E-state index contributed by atoms with van der Waals surface area (Å²) in [5, 5.41) is 1.99. The lowest BCUT2D eigenvalue weighted by atomic mass is 9.83. The molecule has 0 aliphatic carbocycles. The molecule has 1 fully saturated rings. The highest BCUT2D eigenvalue weighted by atomic mass is 16.5. The fourth-order valence-electron chi connectivity index (χ4n) is 3.78. The maximum Gasteiger partial charge on any atom is 0.142 e. The van der Waals surface area contributed by atoms with Gasteiger partial charge in [0.2, 0.25) is 0 Å². The number of pyridine rings is 2. The van der Waals surface area contributed by atoms with Crippen LogP contribution >= 0.6 is 0 Å². The monoisotopic (exact) mass is 325 g/mol. The third-order valence-electron chi connectivity index (χ3n) is 4.91. The Kier molecular flexibility index (Phi) is 3.57.